The molecule has 2 aliphatic heterocycles. The number of aliphatic hydroxyl groups excluding tert-OH is 4. The van der Waals surface area contributed by atoms with Gasteiger partial charge in [-0.2, -0.15) is 15.3 Å². The summed E-state index contributed by atoms with van der Waals surface area (Å²) >= 11 is 5.75. The highest BCUT2D eigenvalue weighted by Crippen LogP contribution is 2.44. The number of aliphatic carboxylic acids is 1. The molecule has 6 aliphatic rings. The number of esters is 2. The third-order valence-corrected chi connectivity index (χ3v) is 30.3. The second-order valence-corrected chi connectivity index (χ2v) is 44.8. The maximum absolute atomic E-state index is 12.3. The molecule has 0 bridgehead atoms. The van der Waals surface area contributed by atoms with Gasteiger partial charge in [-0.25, -0.2) is 60.8 Å². The van der Waals surface area contributed by atoms with E-state index in [1.165, 1.54) is 24.6 Å². The molecular formula is C97H144BBrIN23O18S. The van der Waals surface area contributed by atoms with Crippen molar-refractivity contribution in [3.63, 3.8) is 0 Å². The molecule has 142 heavy (non-hydrogen) atoms. The Morgan fingerprint density at radius 2 is 0.768 bits per heavy atom. The molecule has 45 heteroatoms. The van der Waals surface area contributed by atoms with Gasteiger partial charge < -0.3 is 89.8 Å². The standard InChI is InChI=1S/C24H34N6O4.C23H32N6O4.C22H35BN4O4.C16H23BrN4O2.C8H11IN2O2.C4H9NO2S/c1-15(14-33-4)27-23-25-12-21-19(17-11-26-29(13-17)24(2,3)22(32)34-5)10-20(30(21)28-23)16-6-8-18(31)9-7-16;1-14(13-33-4)26-22-24-11-20-18(16-10-25-28(12-16)23(2,3)21(31)32)9-19(29(20)27-22)15-5-7-17(30)8-6-15;1-14(13-29-6)25-20-24-12-19-17(23-30-21(2,3)22(4,5)31-23)11-18(27(19)26-20)15-7-9-16(28)10-8-15;1-10(9-23-2)19-16-18-8-15-13(17)7-14(21(15)20-16)11-3-5-12(22)6-4-11;1-8(2,7(12)13-3)11-5-6(9)4-10-11;6-8(7)3-1-5-2-4-8/h10-13,15-16,18,31H,6-9,14H2,1-5H3,(H,27,28);9-12,14-15,17,30H,5-8,13H2,1-4H3,(H,26,27)(H,31,32);11-12,14-16,28H,7-10,13H2,1-6H3,(H,25,26);7-8,10-12,22H,3-6,9H2,1-2H3,(H,19,20);4-5H,1-3H3;5H,1-4H2/t15-,16?,18?;14-,15?,17?;14-,15?,16?;10-,11?,12?;;/m0000../s1. The Hall–Kier alpha value is -9.50. The third-order valence-electron chi connectivity index (χ3n) is 27.4. The molecule has 6 fully saturated rings. The monoisotopic (exact) mass is 2170 g/mol. The van der Waals surface area contributed by atoms with Gasteiger partial charge in [0.1, 0.15) is 0 Å². The molecular weight excluding hydrogens is 2020 g/mol. The Morgan fingerprint density at radius 1 is 0.465 bits per heavy atom. The zero-order chi connectivity index (χ0) is 103. The van der Waals surface area contributed by atoms with Gasteiger partial charge in [-0.05, 0) is 262 Å². The zero-order valence-electron chi connectivity index (χ0n) is 85.3. The van der Waals surface area contributed by atoms with Crippen molar-refractivity contribution >= 4 is 125 Å². The number of aromatic nitrogens is 18. The number of carbonyl (C=O) groups is 3. The van der Waals surface area contributed by atoms with E-state index in [0.29, 0.717) is 86.7 Å². The summed E-state index contributed by atoms with van der Waals surface area (Å²) in [6, 6.07) is 8.88. The molecule has 2 saturated heterocycles. The van der Waals surface area contributed by atoms with Gasteiger partial charge in [-0.3, -0.25) is 14.0 Å². The lowest BCUT2D eigenvalue weighted by molar-refractivity contribution is -0.150. The molecule has 778 valence electrons. The average Bonchev–Trinajstić information content (AvgIpc) is 1.59. The molecule has 0 radical (unpaired) electrons. The third kappa shape index (κ3) is 27.4. The molecule has 4 atom stereocenters. The van der Waals surface area contributed by atoms with E-state index in [-0.39, 0.29) is 72.4 Å². The van der Waals surface area contributed by atoms with Crippen LogP contribution in [0.4, 0.5) is 23.8 Å². The summed E-state index contributed by atoms with van der Waals surface area (Å²) in [4.78, 5) is 53.3. The van der Waals surface area contributed by atoms with Crippen molar-refractivity contribution in [3.05, 3.63) is 117 Å². The van der Waals surface area contributed by atoms with Crippen molar-refractivity contribution in [2.75, 3.05) is 115 Å². The molecule has 10 N–H and O–H groups in total. The highest BCUT2D eigenvalue weighted by molar-refractivity contribution is 14.1. The fraction of sp³-hybridized carbons (Fsp3) is 0.629. The Bertz CT molecular complexity index is 6100. The summed E-state index contributed by atoms with van der Waals surface area (Å²) in [7, 11) is 6.31. The van der Waals surface area contributed by atoms with Gasteiger partial charge in [0.05, 0.1) is 157 Å². The number of sulfone groups is 1. The summed E-state index contributed by atoms with van der Waals surface area (Å²) in [5.74, 6) is 2.50. The molecule has 11 aromatic rings. The van der Waals surface area contributed by atoms with Crippen molar-refractivity contribution < 1.29 is 86.1 Å². The molecule has 41 nitrogen and oxygen atoms in total. The van der Waals surface area contributed by atoms with E-state index in [2.05, 4.69) is 162 Å². The van der Waals surface area contributed by atoms with E-state index in [0.717, 1.165) is 178 Å². The second kappa shape index (κ2) is 48.7. The second-order valence-electron chi connectivity index (χ2n) is 40.4. The number of hydrogen-bond acceptors (Lipinski definition) is 33. The first kappa shape index (κ1) is 111. The first-order chi connectivity index (χ1) is 67.3. The summed E-state index contributed by atoms with van der Waals surface area (Å²) < 4.78 is 78.8. The van der Waals surface area contributed by atoms with Crippen LogP contribution in [0.25, 0.3) is 44.3 Å². The largest absolute Gasteiger partial charge is 0.497 e. The number of carbonyl (C=O) groups excluding carboxylic acids is 2. The van der Waals surface area contributed by atoms with Gasteiger partial charge >= 0.3 is 25.0 Å². The van der Waals surface area contributed by atoms with E-state index in [1.807, 2.05) is 70.5 Å². The molecule has 11 aromatic heterocycles. The number of fused-ring (bicyclic) bond motifs is 4. The quantitative estimate of drug-likeness (QED) is 0.0118. The Labute approximate surface area is 852 Å². The van der Waals surface area contributed by atoms with Crippen molar-refractivity contribution in [2.24, 2.45) is 0 Å². The van der Waals surface area contributed by atoms with E-state index < -0.39 is 50.7 Å². The number of nitrogens with zero attached hydrogens (tertiary/aromatic N) is 18. The topological polar surface area (TPSA) is 495 Å². The van der Waals surface area contributed by atoms with Gasteiger partial charge in [0.2, 0.25) is 23.8 Å². The molecule has 13 heterocycles. The van der Waals surface area contributed by atoms with Crippen LogP contribution in [0.15, 0.2) is 90.7 Å². The van der Waals surface area contributed by atoms with E-state index in [4.69, 9.17) is 48.3 Å². The molecule has 17 rings (SSSR count). The van der Waals surface area contributed by atoms with E-state index in [9.17, 15) is 48.3 Å². The van der Waals surface area contributed by atoms with Crippen LogP contribution in [0, 0.1) is 3.57 Å². The van der Waals surface area contributed by atoms with Gasteiger partial charge in [0.15, 0.2) is 26.5 Å². The van der Waals surface area contributed by atoms with Gasteiger partial charge in [0, 0.05) is 163 Å². The van der Waals surface area contributed by atoms with Crippen LogP contribution >= 0.6 is 38.5 Å². The molecule has 0 spiro atoms. The molecule has 0 unspecified atom stereocenters. The average molecular weight is 2170 g/mol. The predicted octanol–water partition coefficient (Wildman–Crippen LogP) is 11.7. The first-order valence-corrected chi connectivity index (χ1v) is 52.4. The minimum atomic E-state index is -2.65. The van der Waals surface area contributed by atoms with Crippen molar-refractivity contribution in [1.29, 1.82) is 0 Å². The fourth-order valence-corrected chi connectivity index (χ4v) is 20.2. The minimum Gasteiger partial charge on any atom is -0.479 e. The van der Waals surface area contributed by atoms with Crippen LogP contribution in [-0.4, -0.2) is 300 Å². The number of methoxy groups -OCH3 is 6. The van der Waals surface area contributed by atoms with Crippen molar-refractivity contribution in [1.82, 2.24) is 93.1 Å². The number of anilines is 4. The molecule has 0 aromatic carbocycles. The predicted molar refractivity (Wildman–Crippen MR) is 553 cm³/mol. The van der Waals surface area contributed by atoms with Crippen molar-refractivity contribution in [2.45, 2.75) is 300 Å². The summed E-state index contributed by atoms with van der Waals surface area (Å²) in [6.07, 6.45) is 30.8. The first-order valence-electron chi connectivity index (χ1n) is 48.8. The van der Waals surface area contributed by atoms with Crippen LogP contribution in [0.2, 0.25) is 0 Å². The molecule has 4 saturated carbocycles. The van der Waals surface area contributed by atoms with Crippen molar-refractivity contribution in [3.8, 4) is 22.3 Å². The summed E-state index contributed by atoms with van der Waals surface area (Å²) in [5, 5.41) is 97.2. The fourth-order valence-electron chi connectivity index (χ4n) is 18.2. The Kier molecular flexibility index (Phi) is 38.1. The zero-order valence-corrected chi connectivity index (χ0v) is 89.9. The van der Waals surface area contributed by atoms with Crippen LogP contribution < -0.4 is 32.0 Å². The van der Waals surface area contributed by atoms with Crippen LogP contribution in [0.1, 0.15) is 246 Å². The highest BCUT2D eigenvalue weighted by atomic mass is 127. The SMILES string of the molecule is COC(=O)C(C)(C)n1cc(I)cn1.COC[C@H](C)Nc1ncc2c(-c3cnn(C(C)(C)C(=O)O)c3)cc(C3CCC(O)CC3)n2n1.COC[C@H](C)Nc1ncc2c(-c3cnn(C(C)(C)C(=O)OC)c3)cc(C3CCC(O)CC3)n2n1.COC[C@H](C)Nc1ncc2c(B3OC(C)(C)C(C)(C)O3)cc(C3CCC(O)CC3)n2n1.COC[C@H](C)Nc1ncc2c(Br)cc(C3CCC(O)CC3)n2n1.O=S1(=O)CCNCC1. The van der Waals surface area contributed by atoms with Gasteiger partial charge in [-0.1, -0.05) is 0 Å². The van der Waals surface area contributed by atoms with Gasteiger partial charge in [0.25, 0.3) is 0 Å². The highest BCUT2D eigenvalue weighted by Gasteiger charge is 2.53. The maximum atomic E-state index is 12.3. The van der Waals surface area contributed by atoms with Crippen LogP contribution in [0.5, 0.6) is 0 Å². The van der Waals surface area contributed by atoms with E-state index in [1.54, 1.807) is 117 Å². The lowest BCUT2D eigenvalue weighted by Crippen LogP contribution is -2.41. The number of aliphatic hydroxyl groups is 4. The van der Waals surface area contributed by atoms with Crippen LogP contribution in [0.3, 0.4) is 0 Å². The Morgan fingerprint density at radius 3 is 1.08 bits per heavy atom. The molecule has 0 amide bonds. The molecule has 4 aliphatic carbocycles. The van der Waals surface area contributed by atoms with Crippen LogP contribution in [-0.2, 0) is 78.6 Å². The Balaban J connectivity index is 0.000000159. The normalized spacial score (nSPS) is 21.5. The van der Waals surface area contributed by atoms with Gasteiger partial charge in [-0.15, -0.1) is 20.4 Å². The number of halogens is 2. The number of carboxylic acids is 1. The summed E-state index contributed by atoms with van der Waals surface area (Å²) in [6.45, 7) is 30.1. The number of hydrogen-bond donors (Lipinski definition) is 10. The number of ether oxygens (including phenoxy) is 6. The lowest BCUT2D eigenvalue weighted by atomic mass is 9.78. The number of nitrogens with one attached hydrogen (secondary N) is 5. The lowest BCUT2D eigenvalue weighted by Gasteiger charge is -2.32. The minimum absolute atomic E-state index is 0.0484. The summed E-state index contributed by atoms with van der Waals surface area (Å²) in [5.41, 5.74) is 8.81. The maximum Gasteiger partial charge on any atom is 0.497 e. The van der Waals surface area contributed by atoms with E-state index >= 15 is 0 Å². The number of carboxylic acid groups (broad SMARTS) is 1. The number of rotatable bonds is 29. The smallest absolute Gasteiger partial charge is 0.479 e.